The lowest BCUT2D eigenvalue weighted by Crippen LogP contribution is -2.31. The SMILES string of the molecule is CC(C)Oc1ncc(Oc2cc(F)c(C(=O)NS(C)(=O)=O)c(F)c2F)cc1Cl. The molecule has 28 heavy (non-hydrogen) atoms. The Morgan fingerprint density at radius 2 is 1.86 bits per heavy atom. The number of rotatable bonds is 6. The van der Waals surface area contributed by atoms with Gasteiger partial charge in [0.05, 0.1) is 18.6 Å². The number of aromatic nitrogens is 1. The van der Waals surface area contributed by atoms with Crippen LogP contribution in [0.2, 0.25) is 5.02 Å². The van der Waals surface area contributed by atoms with E-state index < -0.39 is 44.7 Å². The number of carbonyl (C=O) groups is 1. The van der Waals surface area contributed by atoms with Crippen LogP contribution in [-0.2, 0) is 10.0 Å². The van der Waals surface area contributed by atoms with Crippen molar-refractivity contribution in [1.82, 2.24) is 9.71 Å². The van der Waals surface area contributed by atoms with Crippen molar-refractivity contribution in [3.05, 3.63) is 46.4 Å². The fourth-order valence-electron chi connectivity index (χ4n) is 1.98. The normalized spacial score (nSPS) is 11.4. The lowest BCUT2D eigenvalue weighted by molar-refractivity contribution is 0.0972. The van der Waals surface area contributed by atoms with E-state index in [1.807, 2.05) is 0 Å². The Hall–Kier alpha value is -2.53. The molecule has 0 fully saturated rings. The maximum Gasteiger partial charge on any atom is 0.270 e. The molecule has 0 unspecified atom stereocenters. The summed E-state index contributed by atoms with van der Waals surface area (Å²) < 4.78 is 76.2. The van der Waals surface area contributed by atoms with E-state index in [0.717, 1.165) is 6.20 Å². The standard InChI is InChI=1S/C16H14ClF3N2O5S/c1-7(2)26-16-9(17)4-8(6-21-16)27-11-5-10(18)12(14(20)13(11)19)15(23)22-28(3,24)25/h4-7H,1-3H3,(H,22,23). The number of hydrogen-bond donors (Lipinski definition) is 1. The molecule has 0 saturated carbocycles. The molecule has 0 aliphatic carbocycles. The van der Waals surface area contributed by atoms with Crippen LogP contribution in [0.1, 0.15) is 24.2 Å². The summed E-state index contributed by atoms with van der Waals surface area (Å²) in [5.74, 6) is -7.81. The topological polar surface area (TPSA) is 94.6 Å². The number of pyridine rings is 1. The molecule has 1 amide bonds. The number of sulfonamides is 1. The number of halogens is 4. The average molecular weight is 439 g/mol. The van der Waals surface area contributed by atoms with Gasteiger partial charge in [0, 0.05) is 12.1 Å². The molecule has 1 N–H and O–H groups in total. The molecule has 0 atom stereocenters. The third-order valence-corrected chi connectivity index (χ3v) is 3.81. The predicted molar refractivity (Wildman–Crippen MR) is 93.7 cm³/mol. The van der Waals surface area contributed by atoms with Gasteiger partial charge in [-0.05, 0) is 13.8 Å². The van der Waals surface area contributed by atoms with E-state index >= 15 is 0 Å². The van der Waals surface area contributed by atoms with Gasteiger partial charge >= 0.3 is 0 Å². The summed E-state index contributed by atoms with van der Waals surface area (Å²) >= 11 is 5.95. The quantitative estimate of drug-likeness (QED) is 0.694. The van der Waals surface area contributed by atoms with Crippen molar-refractivity contribution in [2.45, 2.75) is 20.0 Å². The molecule has 0 aliphatic heterocycles. The maximum absolute atomic E-state index is 14.2. The fourth-order valence-corrected chi connectivity index (χ4v) is 2.62. The summed E-state index contributed by atoms with van der Waals surface area (Å²) in [5, 5.41) is 0.0108. The van der Waals surface area contributed by atoms with Gasteiger partial charge in [0.25, 0.3) is 5.91 Å². The average Bonchev–Trinajstić information content (AvgIpc) is 2.53. The first-order valence-corrected chi connectivity index (χ1v) is 9.85. The number of amides is 1. The molecule has 0 bridgehead atoms. The Morgan fingerprint density at radius 3 is 2.39 bits per heavy atom. The minimum Gasteiger partial charge on any atom is -0.474 e. The first-order chi connectivity index (χ1) is 12.9. The second-order valence-corrected chi connectivity index (χ2v) is 7.95. The zero-order chi connectivity index (χ0) is 21.2. The highest BCUT2D eigenvalue weighted by Gasteiger charge is 2.27. The molecule has 0 spiro atoms. The number of hydrogen-bond acceptors (Lipinski definition) is 6. The molecular weight excluding hydrogens is 425 g/mol. The van der Waals surface area contributed by atoms with E-state index in [4.69, 9.17) is 21.1 Å². The fraction of sp³-hybridized carbons (Fsp3) is 0.250. The van der Waals surface area contributed by atoms with Gasteiger partial charge in [0.15, 0.2) is 11.6 Å². The van der Waals surface area contributed by atoms with Gasteiger partial charge in [-0.2, -0.15) is 4.39 Å². The van der Waals surface area contributed by atoms with Gasteiger partial charge in [-0.15, -0.1) is 0 Å². The monoisotopic (exact) mass is 438 g/mol. The Morgan fingerprint density at radius 1 is 1.21 bits per heavy atom. The smallest absolute Gasteiger partial charge is 0.270 e. The highest BCUT2D eigenvalue weighted by molar-refractivity contribution is 7.89. The highest BCUT2D eigenvalue weighted by atomic mass is 35.5. The first-order valence-electron chi connectivity index (χ1n) is 7.58. The zero-order valence-electron chi connectivity index (χ0n) is 14.7. The Labute approximate surface area is 163 Å². The molecular formula is C16H14ClF3N2O5S. The van der Waals surface area contributed by atoms with Crippen LogP contribution >= 0.6 is 11.6 Å². The summed E-state index contributed by atoms with van der Waals surface area (Å²) in [5.41, 5.74) is -1.41. The summed E-state index contributed by atoms with van der Waals surface area (Å²) in [6.07, 6.45) is 1.46. The van der Waals surface area contributed by atoms with E-state index in [0.29, 0.717) is 12.3 Å². The molecule has 0 radical (unpaired) electrons. The van der Waals surface area contributed by atoms with E-state index in [9.17, 15) is 26.4 Å². The highest BCUT2D eigenvalue weighted by Crippen LogP contribution is 2.33. The van der Waals surface area contributed by atoms with Crippen LogP contribution in [0.15, 0.2) is 18.3 Å². The van der Waals surface area contributed by atoms with Crippen LogP contribution in [0.5, 0.6) is 17.4 Å². The van der Waals surface area contributed by atoms with Gasteiger partial charge in [-0.1, -0.05) is 11.6 Å². The second-order valence-electron chi connectivity index (χ2n) is 5.79. The number of carbonyl (C=O) groups excluding carboxylic acids is 1. The Balaban J connectivity index is 2.36. The van der Waals surface area contributed by atoms with Crippen LogP contribution in [0.3, 0.4) is 0 Å². The van der Waals surface area contributed by atoms with Crippen molar-refractivity contribution in [2.24, 2.45) is 0 Å². The van der Waals surface area contributed by atoms with Crippen LogP contribution < -0.4 is 14.2 Å². The number of benzene rings is 1. The molecule has 0 saturated heterocycles. The minimum absolute atomic E-state index is 0.0108. The van der Waals surface area contributed by atoms with Gasteiger partial charge in [0.2, 0.25) is 21.7 Å². The molecule has 1 heterocycles. The number of nitrogens with one attached hydrogen (secondary N) is 1. The summed E-state index contributed by atoms with van der Waals surface area (Å²) in [6.45, 7) is 3.48. The Bertz CT molecular complexity index is 1030. The van der Waals surface area contributed by atoms with Crippen LogP contribution in [0.25, 0.3) is 0 Å². The molecule has 1 aromatic heterocycles. The van der Waals surface area contributed by atoms with E-state index in [-0.39, 0.29) is 22.8 Å². The van der Waals surface area contributed by atoms with Gasteiger partial charge < -0.3 is 9.47 Å². The third kappa shape index (κ3) is 5.26. The number of nitrogens with zero attached hydrogens (tertiary/aromatic N) is 1. The summed E-state index contributed by atoms with van der Waals surface area (Å²) in [4.78, 5) is 15.5. The first kappa shape index (κ1) is 21.8. The molecule has 2 aromatic rings. The lowest BCUT2D eigenvalue weighted by atomic mass is 10.1. The summed E-state index contributed by atoms with van der Waals surface area (Å²) in [7, 11) is -4.12. The van der Waals surface area contributed by atoms with Gasteiger partial charge in [-0.25, -0.2) is 26.9 Å². The van der Waals surface area contributed by atoms with Crippen molar-refractivity contribution in [3.63, 3.8) is 0 Å². The van der Waals surface area contributed by atoms with E-state index in [2.05, 4.69) is 4.98 Å². The Kier molecular flexibility index (Phi) is 6.40. The number of ether oxygens (including phenoxy) is 2. The van der Waals surface area contributed by atoms with E-state index in [1.54, 1.807) is 13.8 Å². The second kappa shape index (κ2) is 8.23. The van der Waals surface area contributed by atoms with Crippen molar-refractivity contribution in [1.29, 1.82) is 0 Å². The lowest BCUT2D eigenvalue weighted by Gasteiger charge is -2.13. The van der Waals surface area contributed by atoms with Crippen LogP contribution in [-0.4, -0.2) is 31.7 Å². The van der Waals surface area contributed by atoms with Gasteiger partial charge in [0.1, 0.15) is 22.2 Å². The molecule has 12 heteroatoms. The van der Waals surface area contributed by atoms with Crippen LogP contribution in [0.4, 0.5) is 13.2 Å². The molecule has 2 rings (SSSR count). The van der Waals surface area contributed by atoms with Crippen LogP contribution in [0, 0.1) is 17.5 Å². The summed E-state index contributed by atoms with van der Waals surface area (Å²) in [6, 6.07) is 1.58. The molecule has 152 valence electrons. The largest absolute Gasteiger partial charge is 0.474 e. The zero-order valence-corrected chi connectivity index (χ0v) is 16.3. The van der Waals surface area contributed by atoms with E-state index in [1.165, 1.54) is 10.8 Å². The van der Waals surface area contributed by atoms with Crippen molar-refractivity contribution >= 4 is 27.5 Å². The van der Waals surface area contributed by atoms with Gasteiger partial charge in [-0.3, -0.25) is 4.79 Å². The third-order valence-electron chi connectivity index (χ3n) is 2.99. The predicted octanol–water partition coefficient (Wildman–Crippen LogP) is 3.42. The molecule has 1 aromatic carbocycles. The maximum atomic E-state index is 14.2. The minimum atomic E-state index is -4.12. The van der Waals surface area contributed by atoms with Crippen molar-refractivity contribution in [3.8, 4) is 17.4 Å². The molecule has 0 aliphatic rings. The van der Waals surface area contributed by atoms with Crippen molar-refractivity contribution in [2.75, 3.05) is 6.26 Å². The van der Waals surface area contributed by atoms with Crippen molar-refractivity contribution < 1.29 is 35.9 Å². The molecule has 7 nitrogen and oxygen atoms in total.